The van der Waals surface area contributed by atoms with Gasteiger partial charge in [0, 0.05) is 6.26 Å². The number of oxazole rings is 1. The third-order valence-electron chi connectivity index (χ3n) is 1.24. The highest BCUT2D eigenvalue weighted by molar-refractivity contribution is 7.89. The predicted molar refractivity (Wildman–Crippen MR) is 42.0 cm³/mol. The Morgan fingerprint density at radius 3 is 2.77 bits per heavy atom. The van der Waals surface area contributed by atoms with Crippen LogP contribution in [0.15, 0.2) is 10.8 Å². The van der Waals surface area contributed by atoms with Gasteiger partial charge in [-0.3, -0.25) is 0 Å². The second-order valence-electron chi connectivity index (χ2n) is 2.50. The minimum atomic E-state index is -3.30. The zero-order valence-electron chi connectivity index (χ0n) is 6.72. The van der Waals surface area contributed by atoms with Crippen LogP contribution in [0.5, 0.6) is 0 Å². The van der Waals surface area contributed by atoms with Crippen LogP contribution in [0.4, 0.5) is 0 Å². The number of carbonyl (C=O) groups is 1. The van der Waals surface area contributed by atoms with E-state index in [1.54, 1.807) is 0 Å². The largest absolute Gasteiger partial charge is 0.476 e. The lowest BCUT2D eigenvalue weighted by Crippen LogP contribution is -2.06. The third-order valence-corrected chi connectivity index (χ3v) is 2.02. The maximum Gasteiger partial charge on any atom is 0.358 e. The molecule has 0 unspecified atom stereocenters. The smallest absolute Gasteiger partial charge is 0.358 e. The Bertz CT molecular complexity index is 418. The highest BCUT2D eigenvalue weighted by Gasteiger charge is 2.18. The van der Waals surface area contributed by atoms with E-state index < -0.39 is 21.6 Å². The van der Waals surface area contributed by atoms with E-state index >= 15 is 0 Å². The zero-order chi connectivity index (χ0) is 10.1. The molecular formula is C6H7NO5S. The molecule has 1 aromatic heterocycles. The first kappa shape index (κ1) is 9.72. The van der Waals surface area contributed by atoms with Gasteiger partial charge in [-0.05, 0) is 0 Å². The van der Waals surface area contributed by atoms with Crippen molar-refractivity contribution >= 4 is 15.8 Å². The highest BCUT2D eigenvalue weighted by atomic mass is 32.2. The van der Waals surface area contributed by atoms with Gasteiger partial charge in [0.05, 0.1) is 0 Å². The van der Waals surface area contributed by atoms with Gasteiger partial charge in [-0.15, -0.1) is 0 Å². The third kappa shape index (κ3) is 2.55. The van der Waals surface area contributed by atoms with Crippen molar-refractivity contribution in [2.24, 2.45) is 0 Å². The molecule has 1 N–H and O–H groups in total. The molecule has 0 aliphatic heterocycles. The molecule has 13 heavy (non-hydrogen) atoms. The number of carboxylic acid groups (broad SMARTS) is 1. The van der Waals surface area contributed by atoms with Crippen LogP contribution in [0.3, 0.4) is 0 Å². The summed E-state index contributed by atoms with van der Waals surface area (Å²) in [6.07, 6.45) is 1.89. The van der Waals surface area contributed by atoms with Crippen molar-refractivity contribution < 1.29 is 22.7 Å². The molecule has 0 saturated carbocycles. The maximum absolute atomic E-state index is 10.8. The zero-order valence-corrected chi connectivity index (χ0v) is 7.54. The Kier molecular flexibility index (Phi) is 2.37. The number of rotatable bonds is 3. The molecule has 0 bridgehead atoms. The van der Waals surface area contributed by atoms with E-state index in [1.807, 2.05) is 0 Å². The van der Waals surface area contributed by atoms with Gasteiger partial charge < -0.3 is 9.52 Å². The van der Waals surface area contributed by atoms with Crippen molar-refractivity contribution in [1.29, 1.82) is 0 Å². The molecule has 0 radical (unpaired) electrons. The van der Waals surface area contributed by atoms with Crippen LogP contribution in [-0.2, 0) is 15.6 Å². The molecule has 7 heteroatoms. The first-order valence-corrected chi connectivity index (χ1v) is 5.29. The van der Waals surface area contributed by atoms with Crippen LogP contribution >= 0.6 is 0 Å². The lowest BCUT2D eigenvalue weighted by atomic mass is 10.4. The van der Waals surface area contributed by atoms with Crippen molar-refractivity contribution in [3.8, 4) is 0 Å². The SMILES string of the molecule is CS(=O)(=O)Cc1ocnc1C(=O)O. The number of sulfone groups is 1. The summed E-state index contributed by atoms with van der Waals surface area (Å²) in [7, 11) is -3.30. The number of aromatic carboxylic acids is 1. The summed E-state index contributed by atoms with van der Waals surface area (Å²) in [4.78, 5) is 13.8. The van der Waals surface area contributed by atoms with Gasteiger partial charge in [0.1, 0.15) is 5.75 Å². The van der Waals surface area contributed by atoms with Crippen LogP contribution in [0, 0.1) is 0 Å². The van der Waals surface area contributed by atoms with Crippen LogP contribution in [0.2, 0.25) is 0 Å². The molecular weight excluding hydrogens is 198 g/mol. The lowest BCUT2D eigenvalue weighted by Gasteiger charge is -1.94. The van der Waals surface area contributed by atoms with Crippen molar-refractivity contribution in [3.05, 3.63) is 17.8 Å². The molecule has 0 amide bonds. The summed E-state index contributed by atoms with van der Waals surface area (Å²) >= 11 is 0. The topological polar surface area (TPSA) is 97.5 Å². The Hall–Kier alpha value is -1.37. The number of hydrogen-bond donors (Lipinski definition) is 1. The number of aromatic nitrogens is 1. The summed E-state index contributed by atoms with van der Waals surface area (Å²) in [5, 5.41) is 8.53. The van der Waals surface area contributed by atoms with Crippen LogP contribution in [0.25, 0.3) is 0 Å². The van der Waals surface area contributed by atoms with E-state index in [-0.39, 0.29) is 11.5 Å². The average Bonchev–Trinajstić information content (AvgIpc) is 2.31. The van der Waals surface area contributed by atoms with Crippen molar-refractivity contribution in [2.75, 3.05) is 6.26 Å². The fraction of sp³-hybridized carbons (Fsp3) is 0.333. The molecule has 0 aromatic carbocycles. The molecule has 0 aliphatic rings. The van der Waals surface area contributed by atoms with E-state index in [0.717, 1.165) is 12.6 Å². The molecule has 1 rings (SSSR count). The fourth-order valence-electron chi connectivity index (χ4n) is 0.785. The van der Waals surface area contributed by atoms with Gasteiger partial charge in [0.15, 0.2) is 27.7 Å². The van der Waals surface area contributed by atoms with E-state index in [4.69, 9.17) is 5.11 Å². The Morgan fingerprint density at radius 1 is 1.69 bits per heavy atom. The van der Waals surface area contributed by atoms with Gasteiger partial charge in [-0.1, -0.05) is 0 Å². The summed E-state index contributed by atoms with van der Waals surface area (Å²) in [6, 6.07) is 0. The Labute approximate surface area is 74.1 Å². The van der Waals surface area contributed by atoms with E-state index in [1.165, 1.54) is 0 Å². The minimum absolute atomic E-state index is 0.144. The standard InChI is InChI=1S/C6H7NO5S/c1-13(10,11)2-4-5(6(8)9)7-3-12-4/h3H,2H2,1H3,(H,8,9). The van der Waals surface area contributed by atoms with Gasteiger partial charge in [0.25, 0.3) is 0 Å². The van der Waals surface area contributed by atoms with Gasteiger partial charge in [0.2, 0.25) is 0 Å². The number of hydrogen-bond acceptors (Lipinski definition) is 5. The predicted octanol–water partition coefficient (Wildman–Crippen LogP) is -0.0826. The second kappa shape index (κ2) is 3.17. The maximum atomic E-state index is 10.8. The summed E-state index contributed by atoms with van der Waals surface area (Å²) in [6.45, 7) is 0. The first-order valence-electron chi connectivity index (χ1n) is 3.23. The minimum Gasteiger partial charge on any atom is -0.476 e. The molecule has 1 aromatic rings. The van der Waals surface area contributed by atoms with Crippen molar-refractivity contribution in [2.45, 2.75) is 5.75 Å². The molecule has 0 atom stereocenters. The van der Waals surface area contributed by atoms with E-state index in [9.17, 15) is 13.2 Å². The molecule has 0 aliphatic carbocycles. The number of carboxylic acids is 1. The lowest BCUT2D eigenvalue weighted by molar-refractivity contribution is 0.0689. The Morgan fingerprint density at radius 2 is 2.31 bits per heavy atom. The average molecular weight is 205 g/mol. The van der Waals surface area contributed by atoms with Crippen LogP contribution < -0.4 is 0 Å². The van der Waals surface area contributed by atoms with Crippen LogP contribution in [-0.4, -0.2) is 30.7 Å². The molecule has 6 nitrogen and oxygen atoms in total. The first-order chi connectivity index (χ1) is 5.90. The normalized spacial score (nSPS) is 11.5. The monoisotopic (exact) mass is 205 g/mol. The van der Waals surface area contributed by atoms with Gasteiger partial charge in [-0.25, -0.2) is 18.2 Å². The Balaban J connectivity index is 3.02. The molecule has 72 valence electrons. The highest BCUT2D eigenvalue weighted by Crippen LogP contribution is 2.10. The van der Waals surface area contributed by atoms with E-state index in [0.29, 0.717) is 0 Å². The summed E-state index contributed by atoms with van der Waals surface area (Å²) in [5.74, 6) is -1.89. The molecule has 0 fully saturated rings. The van der Waals surface area contributed by atoms with Gasteiger partial charge >= 0.3 is 5.97 Å². The molecule has 1 heterocycles. The van der Waals surface area contributed by atoms with E-state index in [2.05, 4.69) is 9.40 Å². The van der Waals surface area contributed by atoms with Gasteiger partial charge in [-0.2, -0.15) is 0 Å². The molecule has 0 saturated heterocycles. The second-order valence-corrected chi connectivity index (χ2v) is 4.64. The number of nitrogens with zero attached hydrogens (tertiary/aromatic N) is 1. The fourth-order valence-corrected chi connectivity index (χ4v) is 1.47. The summed E-state index contributed by atoms with van der Waals surface area (Å²) in [5.41, 5.74) is -0.356. The summed E-state index contributed by atoms with van der Waals surface area (Å²) < 4.78 is 26.2. The van der Waals surface area contributed by atoms with Crippen LogP contribution in [0.1, 0.15) is 16.2 Å². The van der Waals surface area contributed by atoms with Crippen molar-refractivity contribution in [1.82, 2.24) is 4.98 Å². The quantitative estimate of drug-likeness (QED) is 0.741. The van der Waals surface area contributed by atoms with Crippen molar-refractivity contribution in [3.63, 3.8) is 0 Å². The molecule has 0 spiro atoms.